The fraction of sp³-hybridized carbons (Fsp3) is 0.697. The van der Waals surface area contributed by atoms with Crippen LogP contribution in [0.1, 0.15) is 102 Å². The summed E-state index contributed by atoms with van der Waals surface area (Å²) in [6.07, 6.45) is 9.71. The van der Waals surface area contributed by atoms with Crippen LogP contribution in [0.25, 0.3) is 0 Å². The van der Waals surface area contributed by atoms with Crippen molar-refractivity contribution in [2.45, 2.75) is 104 Å². The van der Waals surface area contributed by atoms with Gasteiger partial charge in [-0.2, -0.15) is 0 Å². The number of hydrogen-bond acceptors (Lipinski definition) is 7. The van der Waals surface area contributed by atoms with E-state index in [1.807, 2.05) is 6.92 Å². The molecular weight excluding hydrogens is 553 g/mol. The van der Waals surface area contributed by atoms with Gasteiger partial charge in [0.1, 0.15) is 11.9 Å². The van der Waals surface area contributed by atoms with E-state index in [0.29, 0.717) is 18.4 Å². The van der Waals surface area contributed by atoms with Gasteiger partial charge >= 0.3 is 11.9 Å². The molecule has 10 heteroatoms. The maximum atomic E-state index is 15.0. The van der Waals surface area contributed by atoms with E-state index in [1.54, 1.807) is 25.7 Å². The molecule has 2 aliphatic carbocycles. The number of nitrogens with one attached hydrogen (secondary N) is 1. The van der Waals surface area contributed by atoms with E-state index < -0.39 is 36.0 Å². The van der Waals surface area contributed by atoms with E-state index in [4.69, 9.17) is 15.2 Å². The first-order valence-electron chi connectivity index (χ1n) is 15.9. The molecule has 1 saturated heterocycles. The lowest BCUT2D eigenvalue weighted by Gasteiger charge is -2.36. The number of ether oxygens (including phenoxy) is 2. The number of anilines is 1. The number of rotatable bonds is 8. The van der Waals surface area contributed by atoms with Gasteiger partial charge in [-0.05, 0) is 95.8 Å². The first-order valence-corrected chi connectivity index (χ1v) is 15.9. The third-order valence-corrected chi connectivity index (χ3v) is 9.57. The van der Waals surface area contributed by atoms with E-state index in [0.717, 1.165) is 63.9 Å². The Balaban J connectivity index is 1.44. The fourth-order valence-corrected chi connectivity index (χ4v) is 6.99. The van der Waals surface area contributed by atoms with Crippen molar-refractivity contribution in [1.29, 1.82) is 0 Å². The maximum absolute atomic E-state index is 15.0. The highest BCUT2D eigenvalue weighted by Crippen LogP contribution is 2.41. The molecule has 1 aliphatic heterocycles. The molecule has 0 aromatic heterocycles. The Labute approximate surface area is 254 Å². The molecule has 2 amide bonds. The SMILES string of the molecule is CC(N)C1CCC(C(=O)N2CC[C@@H](C3CCCCC3)[C@H]2C(=O)Nc2ccc(C(=O)OCOC(=O)C(C)(C)C)c(F)c2)CC1. The second-order valence-electron chi connectivity index (χ2n) is 13.7. The second kappa shape index (κ2) is 14.2. The summed E-state index contributed by atoms with van der Waals surface area (Å²) in [5, 5.41) is 2.83. The van der Waals surface area contributed by atoms with Crippen LogP contribution < -0.4 is 11.1 Å². The minimum Gasteiger partial charge on any atom is -0.427 e. The largest absolute Gasteiger partial charge is 0.427 e. The number of halogens is 1. The summed E-state index contributed by atoms with van der Waals surface area (Å²) in [5.41, 5.74) is 5.19. The Kier molecular flexibility index (Phi) is 10.8. The van der Waals surface area contributed by atoms with Crippen molar-refractivity contribution in [2.75, 3.05) is 18.7 Å². The maximum Gasteiger partial charge on any atom is 0.344 e. The van der Waals surface area contributed by atoms with Crippen molar-refractivity contribution in [3.05, 3.63) is 29.6 Å². The number of carbonyl (C=O) groups is 4. The van der Waals surface area contributed by atoms with Crippen molar-refractivity contribution < 1.29 is 33.0 Å². The van der Waals surface area contributed by atoms with Gasteiger partial charge in [-0.25, -0.2) is 9.18 Å². The van der Waals surface area contributed by atoms with Crippen LogP contribution in [0.5, 0.6) is 0 Å². The molecule has 3 fully saturated rings. The number of benzene rings is 1. The average molecular weight is 602 g/mol. The van der Waals surface area contributed by atoms with Gasteiger partial charge in [0.2, 0.25) is 18.6 Å². The van der Waals surface area contributed by atoms with Gasteiger partial charge in [-0.3, -0.25) is 14.4 Å². The van der Waals surface area contributed by atoms with Crippen molar-refractivity contribution in [1.82, 2.24) is 4.90 Å². The van der Waals surface area contributed by atoms with Crippen molar-refractivity contribution >= 4 is 29.4 Å². The van der Waals surface area contributed by atoms with E-state index >= 15 is 0 Å². The fourth-order valence-electron chi connectivity index (χ4n) is 6.99. The number of nitrogens with two attached hydrogens (primary N) is 1. The molecule has 4 rings (SSSR count). The number of hydrogen-bond donors (Lipinski definition) is 2. The zero-order valence-corrected chi connectivity index (χ0v) is 26.0. The van der Waals surface area contributed by atoms with Crippen LogP contribution >= 0.6 is 0 Å². The Morgan fingerprint density at radius 1 is 1.00 bits per heavy atom. The minimum atomic E-state index is -0.985. The summed E-state index contributed by atoms with van der Waals surface area (Å²) in [6.45, 7) is 6.92. The number of likely N-dealkylation sites (tertiary alicyclic amines) is 1. The van der Waals surface area contributed by atoms with Crippen molar-refractivity contribution in [3.63, 3.8) is 0 Å². The molecule has 238 valence electrons. The Bertz CT molecular complexity index is 1170. The number of carbonyl (C=O) groups excluding carboxylic acids is 4. The van der Waals surface area contributed by atoms with Crippen molar-refractivity contribution in [3.8, 4) is 0 Å². The molecule has 1 heterocycles. The van der Waals surface area contributed by atoms with Crippen LogP contribution in [-0.2, 0) is 23.9 Å². The molecule has 2 saturated carbocycles. The van der Waals surface area contributed by atoms with Crippen molar-refractivity contribution in [2.24, 2.45) is 34.8 Å². The summed E-state index contributed by atoms with van der Waals surface area (Å²) in [6, 6.07) is 3.22. The van der Waals surface area contributed by atoms with Crippen LogP contribution in [-0.4, -0.2) is 54.1 Å². The average Bonchev–Trinajstić information content (AvgIpc) is 3.42. The lowest BCUT2D eigenvalue weighted by molar-refractivity contribution is -0.161. The van der Waals surface area contributed by atoms with E-state index in [9.17, 15) is 23.6 Å². The Morgan fingerprint density at radius 3 is 2.28 bits per heavy atom. The lowest BCUT2D eigenvalue weighted by atomic mass is 9.76. The first kappa shape index (κ1) is 32.9. The summed E-state index contributed by atoms with van der Waals surface area (Å²) in [5.74, 6) is -1.96. The standard InChI is InChI=1S/C33H48FN3O6/c1-20(35)21-10-12-23(13-11-21)30(39)37-17-16-25(22-8-6-5-7-9-22)28(37)29(38)36-24-14-15-26(27(34)18-24)31(40)42-19-43-32(41)33(2,3)4/h14-15,18,20-23,25,28H,5-13,16-17,19,35H2,1-4H3,(H,36,38)/t20?,21?,23?,25-,28-/m0/s1. The molecule has 3 aliphatic rings. The molecule has 3 N–H and O–H groups in total. The summed E-state index contributed by atoms with van der Waals surface area (Å²) < 4.78 is 24.8. The molecule has 43 heavy (non-hydrogen) atoms. The van der Waals surface area contributed by atoms with Crippen LogP contribution in [0.4, 0.5) is 10.1 Å². The van der Waals surface area contributed by atoms with Gasteiger partial charge < -0.3 is 25.4 Å². The number of nitrogens with zero attached hydrogens (tertiary/aromatic N) is 1. The number of esters is 2. The molecule has 0 bridgehead atoms. The Hall–Kier alpha value is -3.01. The molecular formula is C33H48FN3O6. The predicted molar refractivity (Wildman–Crippen MR) is 160 cm³/mol. The van der Waals surface area contributed by atoms with Crippen LogP contribution in [0.2, 0.25) is 0 Å². The highest BCUT2D eigenvalue weighted by atomic mass is 19.1. The smallest absolute Gasteiger partial charge is 0.344 e. The molecule has 0 spiro atoms. The quantitative estimate of drug-likeness (QED) is 0.301. The minimum absolute atomic E-state index is 0.0398. The summed E-state index contributed by atoms with van der Waals surface area (Å²) >= 11 is 0. The molecule has 1 aromatic carbocycles. The van der Waals surface area contributed by atoms with Gasteiger partial charge in [0.05, 0.1) is 11.0 Å². The van der Waals surface area contributed by atoms with E-state index in [-0.39, 0.29) is 40.9 Å². The summed E-state index contributed by atoms with van der Waals surface area (Å²) in [7, 11) is 0. The molecule has 1 unspecified atom stereocenters. The van der Waals surface area contributed by atoms with Gasteiger partial charge in [0, 0.05) is 24.2 Å². The highest BCUT2D eigenvalue weighted by Gasteiger charge is 2.47. The summed E-state index contributed by atoms with van der Waals surface area (Å²) in [4.78, 5) is 53.7. The van der Waals surface area contributed by atoms with Gasteiger partial charge in [0.15, 0.2) is 0 Å². The van der Waals surface area contributed by atoms with Gasteiger partial charge in [-0.1, -0.05) is 32.1 Å². The highest BCUT2D eigenvalue weighted by molar-refractivity contribution is 5.98. The molecule has 3 atom stereocenters. The lowest BCUT2D eigenvalue weighted by Crippen LogP contribution is -2.50. The van der Waals surface area contributed by atoms with Gasteiger partial charge in [-0.15, -0.1) is 0 Å². The molecule has 9 nitrogen and oxygen atoms in total. The topological polar surface area (TPSA) is 128 Å². The van der Waals surface area contributed by atoms with Crippen LogP contribution in [0, 0.1) is 34.9 Å². The van der Waals surface area contributed by atoms with E-state index in [2.05, 4.69) is 5.32 Å². The van der Waals surface area contributed by atoms with Crippen LogP contribution in [0.15, 0.2) is 18.2 Å². The second-order valence-corrected chi connectivity index (χ2v) is 13.7. The van der Waals surface area contributed by atoms with Crippen LogP contribution in [0.3, 0.4) is 0 Å². The Morgan fingerprint density at radius 2 is 1.67 bits per heavy atom. The first-order chi connectivity index (χ1) is 20.4. The predicted octanol–water partition coefficient (Wildman–Crippen LogP) is 5.42. The molecule has 0 radical (unpaired) electrons. The van der Waals surface area contributed by atoms with Gasteiger partial charge in [0.25, 0.3) is 0 Å². The zero-order valence-electron chi connectivity index (χ0n) is 26.0. The third kappa shape index (κ3) is 8.13. The van der Waals surface area contributed by atoms with E-state index in [1.165, 1.54) is 18.6 Å². The zero-order chi connectivity index (χ0) is 31.3. The number of amides is 2. The normalized spacial score (nSPS) is 25.6. The third-order valence-electron chi connectivity index (χ3n) is 9.57. The molecule has 1 aromatic rings. The monoisotopic (exact) mass is 601 g/mol.